The van der Waals surface area contributed by atoms with Crippen LogP contribution >= 0.6 is 11.3 Å². The lowest BCUT2D eigenvalue weighted by atomic mass is 10.2. The van der Waals surface area contributed by atoms with E-state index in [1.165, 1.54) is 0 Å². The van der Waals surface area contributed by atoms with Gasteiger partial charge in [0.15, 0.2) is 0 Å². The second-order valence-corrected chi connectivity index (χ2v) is 5.68. The fraction of sp³-hybridized carbons (Fsp3) is 0.235. The Bertz CT molecular complexity index is 647. The smallest absolute Gasteiger partial charge is 0.319 e. The number of rotatable bonds is 7. The van der Waals surface area contributed by atoms with Crippen molar-refractivity contribution in [1.82, 2.24) is 5.32 Å². The number of aliphatic hydroxyl groups excluding tert-OH is 1. The van der Waals surface area contributed by atoms with E-state index < -0.39 is 0 Å². The number of carbonyl (C=O) groups excluding carboxylic acids is 1. The molecule has 1 aromatic carbocycles. The molecule has 2 aromatic rings. The van der Waals surface area contributed by atoms with Crippen LogP contribution in [0.1, 0.15) is 17.3 Å². The third-order valence-electron chi connectivity index (χ3n) is 3.04. The Morgan fingerprint density at radius 3 is 2.74 bits per heavy atom. The number of hydrogen-bond acceptors (Lipinski definition) is 4. The van der Waals surface area contributed by atoms with Crippen molar-refractivity contribution in [3.63, 3.8) is 0 Å². The Morgan fingerprint density at radius 2 is 2.13 bits per heavy atom. The summed E-state index contributed by atoms with van der Waals surface area (Å²) in [5.41, 5.74) is 0.643. The quantitative estimate of drug-likeness (QED) is 0.684. The molecule has 5 nitrogen and oxygen atoms in total. The van der Waals surface area contributed by atoms with Crippen LogP contribution in [0.15, 0.2) is 41.8 Å². The Kier molecular flexibility index (Phi) is 6.48. The number of anilines is 1. The normalized spacial score (nSPS) is 11.3. The van der Waals surface area contributed by atoms with Crippen LogP contribution in [0.2, 0.25) is 0 Å². The summed E-state index contributed by atoms with van der Waals surface area (Å²) in [5, 5.41) is 16.7. The van der Waals surface area contributed by atoms with Crippen molar-refractivity contribution in [2.45, 2.75) is 12.5 Å². The van der Waals surface area contributed by atoms with Gasteiger partial charge in [-0.15, -0.1) is 17.8 Å². The van der Waals surface area contributed by atoms with Gasteiger partial charge in [-0.3, -0.25) is 0 Å². The maximum atomic E-state index is 12.1. The molecule has 6 heteroatoms. The van der Waals surface area contributed by atoms with E-state index in [2.05, 4.69) is 16.6 Å². The topological polar surface area (TPSA) is 70.6 Å². The van der Waals surface area contributed by atoms with Crippen molar-refractivity contribution in [2.75, 3.05) is 18.5 Å². The second kappa shape index (κ2) is 8.83. The molecule has 0 aliphatic heterocycles. The molecule has 1 aromatic heterocycles. The average molecular weight is 330 g/mol. The van der Waals surface area contributed by atoms with Gasteiger partial charge in [-0.25, -0.2) is 4.79 Å². The Hall–Kier alpha value is -2.49. The zero-order chi connectivity index (χ0) is 16.5. The molecule has 1 heterocycles. The molecule has 0 aliphatic rings. The lowest BCUT2D eigenvalue weighted by Gasteiger charge is -2.17. The third-order valence-corrected chi connectivity index (χ3v) is 4.03. The molecule has 0 bridgehead atoms. The lowest BCUT2D eigenvalue weighted by molar-refractivity contribution is 0.239. The monoisotopic (exact) mass is 330 g/mol. The first-order valence-electron chi connectivity index (χ1n) is 7.11. The van der Waals surface area contributed by atoms with Gasteiger partial charge in [0, 0.05) is 17.2 Å². The number of terminal acetylenes is 1. The number of benzene rings is 1. The molecule has 0 fully saturated rings. The molecule has 120 valence electrons. The van der Waals surface area contributed by atoms with Crippen LogP contribution in [0.3, 0.4) is 0 Å². The fourth-order valence-corrected chi connectivity index (χ4v) is 2.80. The Labute approximate surface area is 139 Å². The van der Waals surface area contributed by atoms with E-state index in [1.54, 1.807) is 35.6 Å². The van der Waals surface area contributed by atoms with Crippen molar-refractivity contribution >= 4 is 23.1 Å². The van der Waals surface area contributed by atoms with Crippen LogP contribution in [0.4, 0.5) is 10.5 Å². The minimum Gasteiger partial charge on any atom is -0.481 e. The number of aliphatic hydroxyl groups is 1. The summed E-state index contributed by atoms with van der Waals surface area (Å²) in [4.78, 5) is 13.1. The third kappa shape index (κ3) is 5.33. The highest BCUT2D eigenvalue weighted by atomic mass is 32.1. The van der Waals surface area contributed by atoms with Gasteiger partial charge in [-0.05, 0) is 42.1 Å². The van der Waals surface area contributed by atoms with Gasteiger partial charge in [0.05, 0.1) is 6.04 Å². The molecule has 1 unspecified atom stereocenters. The highest BCUT2D eigenvalue weighted by Crippen LogP contribution is 2.22. The minimum atomic E-state index is -0.325. The maximum absolute atomic E-state index is 12.1. The van der Waals surface area contributed by atoms with Crippen molar-refractivity contribution in [3.8, 4) is 18.1 Å². The first-order valence-corrected chi connectivity index (χ1v) is 7.99. The molecule has 1 atom stereocenters. The molecule has 0 saturated carbocycles. The van der Waals surface area contributed by atoms with Crippen LogP contribution in [-0.2, 0) is 0 Å². The van der Waals surface area contributed by atoms with Crippen molar-refractivity contribution in [1.29, 1.82) is 0 Å². The van der Waals surface area contributed by atoms with Crippen LogP contribution in [0, 0.1) is 12.3 Å². The van der Waals surface area contributed by atoms with E-state index >= 15 is 0 Å². The van der Waals surface area contributed by atoms with E-state index in [1.807, 2.05) is 17.5 Å². The average Bonchev–Trinajstić information content (AvgIpc) is 3.08. The molecule has 2 rings (SSSR count). The standard InChI is InChI=1S/C17H18N2O3S/c1-2-11-22-14-7-5-13(6-8-14)18-17(21)19-15(9-10-20)16-4-3-12-23-16/h1,3-8,12,15,20H,9-11H2,(H2,18,19,21). The summed E-state index contributed by atoms with van der Waals surface area (Å²) in [5.74, 6) is 3.03. The first-order chi connectivity index (χ1) is 11.2. The number of amides is 2. The largest absolute Gasteiger partial charge is 0.481 e. The van der Waals surface area contributed by atoms with Gasteiger partial charge in [-0.1, -0.05) is 12.0 Å². The van der Waals surface area contributed by atoms with Gasteiger partial charge in [-0.2, -0.15) is 0 Å². The van der Waals surface area contributed by atoms with E-state index in [-0.39, 0.29) is 25.3 Å². The van der Waals surface area contributed by atoms with Gasteiger partial charge in [0.2, 0.25) is 0 Å². The summed E-state index contributed by atoms with van der Waals surface area (Å²) in [7, 11) is 0. The van der Waals surface area contributed by atoms with Crippen molar-refractivity contribution in [2.24, 2.45) is 0 Å². The molecule has 0 aliphatic carbocycles. The van der Waals surface area contributed by atoms with Crippen LogP contribution in [0.5, 0.6) is 5.75 Å². The molecule has 0 saturated heterocycles. The first kappa shape index (κ1) is 16.9. The lowest BCUT2D eigenvalue weighted by Crippen LogP contribution is -2.32. The SMILES string of the molecule is C#CCOc1ccc(NC(=O)NC(CCO)c2cccs2)cc1. The van der Waals surface area contributed by atoms with E-state index in [4.69, 9.17) is 16.3 Å². The molecule has 0 spiro atoms. The highest BCUT2D eigenvalue weighted by Gasteiger charge is 2.15. The summed E-state index contributed by atoms with van der Waals surface area (Å²) >= 11 is 1.54. The van der Waals surface area contributed by atoms with Gasteiger partial charge in [0.25, 0.3) is 0 Å². The highest BCUT2D eigenvalue weighted by molar-refractivity contribution is 7.10. The van der Waals surface area contributed by atoms with E-state index in [9.17, 15) is 4.79 Å². The molecule has 3 N–H and O–H groups in total. The van der Waals surface area contributed by atoms with E-state index in [0.29, 0.717) is 17.9 Å². The van der Waals surface area contributed by atoms with E-state index in [0.717, 1.165) is 4.88 Å². The van der Waals surface area contributed by atoms with Crippen LogP contribution in [-0.4, -0.2) is 24.4 Å². The molecule has 2 amide bonds. The Morgan fingerprint density at radius 1 is 1.35 bits per heavy atom. The molecule has 0 radical (unpaired) electrons. The summed E-state index contributed by atoms with van der Waals surface area (Å²) < 4.78 is 5.27. The fourth-order valence-electron chi connectivity index (χ4n) is 1.99. The van der Waals surface area contributed by atoms with Crippen molar-refractivity contribution in [3.05, 3.63) is 46.7 Å². The van der Waals surface area contributed by atoms with Gasteiger partial charge < -0.3 is 20.5 Å². The number of urea groups is 1. The van der Waals surface area contributed by atoms with Crippen LogP contribution in [0.25, 0.3) is 0 Å². The predicted molar refractivity (Wildman–Crippen MR) is 91.7 cm³/mol. The zero-order valence-electron chi connectivity index (χ0n) is 12.5. The Balaban J connectivity index is 1.91. The summed E-state index contributed by atoms with van der Waals surface area (Å²) in [6, 6.07) is 10.2. The molecular weight excluding hydrogens is 312 g/mol. The predicted octanol–water partition coefficient (Wildman–Crippen LogP) is 3.01. The van der Waals surface area contributed by atoms with Gasteiger partial charge in [0.1, 0.15) is 12.4 Å². The van der Waals surface area contributed by atoms with Crippen LogP contribution < -0.4 is 15.4 Å². The molecule has 23 heavy (non-hydrogen) atoms. The number of carbonyl (C=O) groups is 1. The number of nitrogens with one attached hydrogen (secondary N) is 2. The maximum Gasteiger partial charge on any atom is 0.319 e. The van der Waals surface area contributed by atoms with Crippen molar-refractivity contribution < 1.29 is 14.6 Å². The molecular formula is C17H18N2O3S. The minimum absolute atomic E-state index is 0.00403. The summed E-state index contributed by atoms with van der Waals surface area (Å²) in [6.45, 7) is 0.209. The zero-order valence-corrected chi connectivity index (χ0v) is 13.3. The second-order valence-electron chi connectivity index (χ2n) is 4.70. The van der Waals surface area contributed by atoms with Gasteiger partial charge >= 0.3 is 6.03 Å². The number of hydrogen-bond donors (Lipinski definition) is 3. The number of ether oxygens (including phenoxy) is 1. The number of thiophene rings is 1. The summed E-state index contributed by atoms with van der Waals surface area (Å²) in [6.07, 6.45) is 5.59.